The highest BCUT2D eigenvalue weighted by atomic mass is 32.2. The van der Waals surface area contributed by atoms with Crippen LogP contribution in [-0.4, -0.2) is 22.4 Å². The molecule has 0 spiro atoms. The second-order valence-corrected chi connectivity index (χ2v) is 8.85. The lowest BCUT2D eigenvalue weighted by Crippen LogP contribution is -2.19. The van der Waals surface area contributed by atoms with Gasteiger partial charge in [0.2, 0.25) is 0 Å². The van der Waals surface area contributed by atoms with Gasteiger partial charge in [-0.2, -0.15) is 0 Å². The highest BCUT2D eigenvalue weighted by Crippen LogP contribution is 2.23. The summed E-state index contributed by atoms with van der Waals surface area (Å²) >= 11 is 0. The van der Waals surface area contributed by atoms with Gasteiger partial charge in [0.1, 0.15) is 16.6 Å². The van der Waals surface area contributed by atoms with Crippen LogP contribution in [0.2, 0.25) is 0 Å². The molecule has 5 nitrogen and oxygen atoms in total. The molecule has 1 unspecified atom stereocenters. The maximum absolute atomic E-state index is 12.4. The Hall–Kier alpha value is -2.60. The second kappa shape index (κ2) is 13.0. The molecule has 0 radical (unpaired) electrons. The molecule has 1 N–H and O–H groups in total. The van der Waals surface area contributed by atoms with E-state index in [-0.39, 0.29) is 5.91 Å². The van der Waals surface area contributed by atoms with Gasteiger partial charge in [0.05, 0.1) is 6.26 Å². The third-order valence-electron chi connectivity index (χ3n) is 4.56. The van der Waals surface area contributed by atoms with Gasteiger partial charge in [-0.25, -0.2) is 4.21 Å². The van der Waals surface area contributed by atoms with Gasteiger partial charge in [0.25, 0.3) is 5.91 Å². The fraction of sp³-hybridized carbons (Fsp3) is 0.400. The van der Waals surface area contributed by atoms with E-state index >= 15 is 0 Å². The molecule has 2 heterocycles. The molecule has 1 aliphatic heterocycles. The Morgan fingerprint density at radius 3 is 2.29 bits per heavy atom. The summed E-state index contributed by atoms with van der Waals surface area (Å²) in [5.74, 6) is 0.521. The second-order valence-electron chi connectivity index (χ2n) is 7.36. The van der Waals surface area contributed by atoms with Gasteiger partial charge in [-0.1, -0.05) is 47.0 Å². The molecule has 2 aromatic carbocycles. The fourth-order valence-corrected chi connectivity index (χ4v) is 4.09. The summed E-state index contributed by atoms with van der Waals surface area (Å²) < 4.78 is 19.1. The van der Waals surface area contributed by atoms with Gasteiger partial charge in [-0.05, 0) is 48.9 Å². The molecule has 1 amide bonds. The molecule has 6 heteroatoms. The molecule has 1 aliphatic rings. The molecule has 1 aromatic heterocycles. The van der Waals surface area contributed by atoms with E-state index in [4.69, 9.17) is 4.42 Å². The molecule has 1 atom stereocenters. The van der Waals surface area contributed by atoms with E-state index in [0.29, 0.717) is 17.0 Å². The SMILES string of the molecule is CCC.CCCC.O=C(Nc1ccc2ccoc2c1)c1ccc(N2CCCS2=O)cc1. The fourth-order valence-electron chi connectivity index (χ4n) is 2.81. The number of nitrogens with zero attached hydrogens (tertiary/aromatic N) is 1. The minimum Gasteiger partial charge on any atom is -0.464 e. The van der Waals surface area contributed by atoms with Crippen LogP contribution in [0.25, 0.3) is 11.0 Å². The maximum atomic E-state index is 12.4. The first-order valence-electron chi connectivity index (χ1n) is 11.1. The van der Waals surface area contributed by atoms with Crippen LogP contribution < -0.4 is 9.62 Å². The van der Waals surface area contributed by atoms with Crippen LogP contribution in [-0.2, 0) is 11.0 Å². The Bertz CT molecular complexity index is 964. The van der Waals surface area contributed by atoms with Crippen molar-refractivity contribution in [2.75, 3.05) is 21.9 Å². The Balaban J connectivity index is 0.000000431. The number of fused-ring (bicyclic) bond motifs is 1. The lowest BCUT2D eigenvalue weighted by atomic mass is 10.1. The zero-order valence-electron chi connectivity index (χ0n) is 19.0. The lowest BCUT2D eigenvalue weighted by molar-refractivity contribution is 0.102. The monoisotopic (exact) mass is 442 g/mol. The molecule has 3 aromatic rings. The van der Waals surface area contributed by atoms with Crippen LogP contribution in [0.3, 0.4) is 0 Å². The number of anilines is 2. The van der Waals surface area contributed by atoms with E-state index in [1.165, 1.54) is 19.3 Å². The lowest BCUT2D eigenvalue weighted by Gasteiger charge is -2.16. The number of carbonyl (C=O) groups is 1. The van der Waals surface area contributed by atoms with Gasteiger partial charge < -0.3 is 9.73 Å². The molecule has 1 fully saturated rings. The largest absolute Gasteiger partial charge is 0.464 e. The van der Waals surface area contributed by atoms with Gasteiger partial charge in [0.15, 0.2) is 0 Å². The third-order valence-corrected chi connectivity index (χ3v) is 6.08. The number of unbranched alkanes of at least 4 members (excludes halogenated alkanes) is 1. The van der Waals surface area contributed by atoms with E-state index in [0.717, 1.165) is 29.6 Å². The zero-order chi connectivity index (χ0) is 22.6. The summed E-state index contributed by atoms with van der Waals surface area (Å²) in [5.41, 5.74) is 2.87. The average Bonchev–Trinajstić information content (AvgIpc) is 3.43. The molecule has 0 bridgehead atoms. The number of furan rings is 1. The number of nitrogens with one attached hydrogen (secondary N) is 1. The summed E-state index contributed by atoms with van der Waals surface area (Å²) in [6.45, 7) is 9.40. The van der Waals surface area contributed by atoms with Crippen molar-refractivity contribution in [3.8, 4) is 0 Å². The molecular formula is C25H34N2O3S. The predicted octanol–water partition coefficient (Wildman–Crippen LogP) is 6.78. The number of amides is 1. The molecule has 168 valence electrons. The third kappa shape index (κ3) is 7.24. The van der Waals surface area contributed by atoms with Crippen LogP contribution in [0, 0.1) is 0 Å². The molecule has 0 aliphatic carbocycles. The van der Waals surface area contributed by atoms with Gasteiger partial charge in [-0.15, -0.1) is 0 Å². The molecule has 31 heavy (non-hydrogen) atoms. The Morgan fingerprint density at radius 1 is 1.03 bits per heavy atom. The highest BCUT2D eigenvalue weighted by molar-refractivity contribution is 7.86. The number of carbonyl (C=O) groups excluding carboxylic acids is 1. The van der Waals surface area contributed by atoms with E-state index < -0.39 is 11.0 Å². The summed E-state index contributed by atoms with van der Waals surface area (Å²) in [6, 6.07) is 14.6. The number of hydrogen-bond donors (Lipinski definition) is 1. The van der Waals surface area contributed by atoms with Crippen molar-refractivity contribution in [1.29, 1.82) is 0 Å². The zero-order valence-corrected chi connectivity index (χ0v) is 19.8. The topological polar surface area (TPSA) is 62.6 Å². The molecular weight excluding hydrogens is 408 g/mol. The number of hydrogen-bond acceptors (Lipinski definition) is 3. The van der Waals surface area contributed by atoms with Gasteiger partial charge in [-0.3, -0.25) is 9.10 Å². The van der Waals surface area contributed by atoms with Crippen molar-refractivity contribution in [3.05, 3.63) is 60.4 Å². The first-order chi connectivity index (χ1) is 15.0. The Kier molecular flexibility index (Phi) is 10.3. The Labute approximate surface area is 188 Å². The normalized spacial score (nSPS) is 15.0. The molecule has 4 rings (SSSR count). The van der Waals surface area contributed by atoms with Gasteiger partial charge >= 0.3 is 0 Å². The Morgan fingerprint density at radius 2 is 1.71 bits per heavy atom. The van der Waals surface area contributed by atoms with E-state index in [1.807, 2.05) is 34.6 Å². The van der Waals surface area contributed by atoms with Crippen molar-refractivity contribution in [1.82, 2.24) is 0 Å². The van der Waals surface area contributed by atoms with Crippen molar-refractivity contribution >= 4 is 39.2 Å². The van der Waals surface area contributed by atoms with Crippen LogP contribution in [0.15, 0.2) is 59.2 Å². The summed E-state index contributed by atoms with van der Waals surface area (Å²) in [4.78, 5) is 12.4. The number of benzene rings is 2. The van der Waals surface area contributed by atoms with E-state index in [2.05, 4.69) is 33.0 Å². The number of rotatable bonds is 4. The van der Waals surface area contributed by atoms with Gasteiger partial charge in [0, 0.05) is 40.7 Å². The van der Waals surface area contributed by atoms with Crippen molar-refractivity contribution in [2.24, 2.45) is 0 Å². The summed E-state index contributed by atoms with van der Waals surface area (Å²) in [7, 11) is -0.948. The maximum Gasteiger partial charge on any atom is 0.255 e. The first-order valence-corrected chi connectivity index (χ1v) is 12.4. The molecule has 0 saturated carbocycles. The average molecular weight is 443 g/mol. The van der Waals surface area contributed by atoms with Crippen molar-refractivity contribution in [3.63, 3.8) is 0 Å². The highest BCUT2D eigenvalue weighted by Gasteiger charge is 2.20. The van der Waals surface area contributed by atoms with Crippen molar-refractivity contribution < 1.29 is 13.4 Å². The summed E-state index contributed by atoms with van der Waals surface area (Å²) in [6.07, 6.45) is 6.45. The minimum absolute atomic E-state index is 0.185. The quantitative estimate of drug-likeness (QED) is 0.484. The smallest absolute Gasteiger partial charge is 0.255 e. The van der Waals surface area contributed by atoms with Crippen LogP contribution >= 0.6 is 0 Å². The van der Waals surface area contributed by atoms with Crippen molar-refractivity contribution in [2.45, 2.75) is 53.4 Å². The van der Waals surface area contributed by atoms with Crippen LogP contribution in [0.4, 0.5) is 11.4 Å². The van der Waals surface area contributed by atoms with Crippen LogP contribution in [0.1, 0.15) is 63.7 Å². The van der Waals surface area contributed by atoms with E-state index in [9.17, 15) is 9.00 Å². The first kappa shape index (κ1) is 24.7. The standard InChI is InChI=1S/C18H16N2O3S.C4H10.C3H8/c21-18(19-15-5-2-13-8-10-23-17(13)12-15)14-3-6-16(7-4-14)20-9-1-11-24(20)22;1-3-4-2;1-3-2/h2-8,10,12H,1,9,11H2,(H,19,21);3-4H2,1-2H3;3H2,1-2H3. The molecule has 1 saturated heterocycles. The van der Waals surface area contributed by atoms with Crippen LogP contribution in [0.5, 0.6) is 0 Å². The predicted molar refractivity (Wildman–Crippen MR) is 132 cm³/mol. The minimum atomic E-state index is -0.948. The van der Waals surface area contributed by atoms with E-state index in [1.54, 1.807) is 24.5 Å². The summed E-state index contributed by atoms with van der Waals surface area (Å²) in [5, 5.41) is 3.86.